The minimum atomic E-state index is 0.479. The van der Waals surface area contributed by atoms with E-state index >= 15 is 0 Å². The van der Waals surface area contributed by atoms with Crippen LogP contribution in [0.4, 0.5) is 0 Å². The molecule has 1 aromatic rings. The number of halogens is 1. The van der Waals surface area contributed by atoms with E-state index in [1.54, 1.807) is 12.3 Å². The maximum absolute atomic E-state index is 5.54. The number of pyridine rings is 1. The predicted molar refractivity (Wildman–Crippen MR) is 33.7 cm³/mol. The monoisotopic (exact) mass is 126 g/mol. The van der Waals surface area contributed by atoms with Crippen LogP contribution in [-0.2, 0) is 0 Å². The lowest BCUT2D eigenvalue weighted by Gasteiger charge is -1.89. The largest absolute Gasteiger partial charge is 0.244 e. The zero-order chi connectivity index (χ0) is 5.98. The van der Waals surface area contributed by atoms with Crippen LogP contribution in [0, 0.1) is 6.92 Å². The molecule has 0 amide bonds. The first-order chi connectivity index (χ1) is 3.80. The summed E-state index contributed by atoms with van der Waals surface area (Å²) in [5.41, 5.74) is 0.772. The van der Waals surface area contributed by atoms with E-state index in [2.05, 4.69) is 11.9 Å². The summed E-state index contributed by atoms with van der Waals surface area (Å²) in [7, 11) is 0. The van der Waals surface area contributed by atoms with Crippen molar-refractivity contribution < 1.29 is 0 Å². The van der Waals surface area contributed by atoms with Crippen molar-refractivity contribution in [2.45, 2.75) is 0 Å². The van der Waals surface area contributed by atoms with E-state index < -0.39 is 0 Å². The Balaban J connectivity index is 3.13. The van der Waals surface area contributed by atoms with Gasteiger partial charge < -0.3 is 0 Å². The van der Waals surface area contributed by atoms with Crippen molar-refractivity contribution in [1.82, 2.24) is 4.98 Å². The number of hydrogen-bond donors (Lipinski definition) is 0. The highest BCUT2D eigenvalue weighted by molar-refractivity contribution is 6.30. The summed E-state index contributed by atoms with van der Waals surface area (Å²) in [4.78, 5) is 3.78. The van der Waals surface area contributed by atoms with Crippen LogP contribution in [0.25, 0.3) is 0 Å². The molecule has 0 fully saturated rings. The van der Waals surface area contributed by atoms with Gasteiger partial charge in [0.15, 0.2) is 0 Å². The third-order valence-corrected chi connectivity index (χ3v) is 1.18. The van der Waals surface area contributed by atoms with E-state index in [0.717, 1.165) is 5.56 Å². The lowest BCUT2D eigenvalue weighted by molar-refractivity contribution is 1.31. The summed E-state index contributed by atoms with van der Waals surface area (Å²) in [6, 6.07) is 3.61. The molecule has 0 saturated heterocycles. The number of hydrogen-bond acceptors (Lipinski definition) is 1. The highest BCUT2D eigenvalue weighted by atomic mass is 35.5. The molecule has 0 bridgehead atoms. The van der Waals surface area contributed by atoms with Crippen molar-refractivity contribution >= 4 is 11.6 Å². The van der Waals surface area contributed by atoms with Gasteiger partial charge in [0.2, 0.25) is 0 Å². The van der Waals surface area contributed by atoms with Crippen molar-refractivity contribution in [3.8, 4) is 0 Å². The van der Waals surface area contributed by atoms with Crippen molar-refractivity contribution in [1.29, 1.82) is 0 Å². The Hall–Kier alpha value is -0.560. The molecule has 1 rings (SSSR count). The summed E-state index contributed by atoms with van der Waals surface area (Å²) >= 11 is 5.54. The molecule has 8 heavy (non-hydrogen) atoms. The average Bonchev–Trinajstić information content (AvgIpc) is 1.77. The van der Waals surface area contributed by atoms with Gasteiger partial charge in [0, 0.05) is 6.20 Å². The van der Waals surface area contributed by atoms with Crippen LogP contribution in [0.1, 0.15) is 5.56 Å². The van der Waals surface area contributed by atoms with Gasteiger partial charge in [0.05, 0.1) is 0 Å². The fraction of sp³-hybridized carbons (Fsp3) is 0. The third-order valence-electron chi connectivity index (χ3n) is 0.836. The molecule has 0 atom stereocenters. The molecule has 0 saturated carbocycles. The Morgan fingerprint density at radius 2 is 2.38 bits per heavy atom. The summed E-state index contributed by atoms with van der Waals surface area (Å²) in [6.07, 6.45) is 1.64. The van der Waals surface area contributed by atoms with Crippen LogP contribution >= 0.6 is 11.6 Å². The van der Waals surface area contributed by atoms with Crippen LogP contribution in [-0.4, -0.2) is 4.98 Å². The van der Waals surface area contributed by atoms with Gasteiger partial charge in [-0.05, 0) is 18.6 Å². The normalized spacial score (nSPS) is 9.25. The molecule has 1 radical (unpaired) electrons. The first kappa shape index (κ1) is 5.57. The summed E-state index contributed by atoms with van der Waals surface area (Å²) < 4.78 is 0. The number of rotatable bonds is 0. The fourth-order valence-electron chi connectivity index (χ4n) is 0.419. The van der Waals surface area contributed by atoms with E-state index in [4.69, 9.17) is 11.6 Å². The second-order valence-electron chi connectivity index (χ2n) is 1.45. The Bertz CT molecular complexity index is 165. The Kier molecular flexibility index (Phi) is 1.49. The molecule has 2 heteroatoms. The molecule has 0 unspecified atom stereocenters. The second-order valence-corrected chi connectivity index (χ2v) is 1.81. The average molecular weight is 127 g/mol. The van der Waals surface area contributed by atoms with E-state index in [1.807, 2.05) is 6.07 Å². The van der Waals surface area contributed by atoms with Gasteiger partial charge >= 0.3 is 0 Å². The van der Waals surface area contributed by atoms with Crippen LogP contribution in [0.3, 0.4) is 0 Å². The SMILES string of the molecule is [CH2]c1cccnc1Cl. The first-order valence-electron chi connectivity index (χ1n) is 2.23. The van der Waals surface area contributed by atoms with Gasteiger partial charge in [0.25, 0.3) is 0 Å². The van der Waals surface area contributed by atoms with E-state index in [1.165, 1.54) is 0 Å². The standard InChI is InChI=1S/C6H5ClN/c1-5-3-2-4-8-6(5)7/h2-4H,1H2. The molecular weight excluding hydrogens is 122 g/mol. The maximum Gasteiger partial charge on any atom is 0.132 e. The molecule has 1 aromatic heterocycles. The number of aromatic nitrogens is 1. The quantitative estimate of drug-likeness (QED) is 0.484. The molecule has 41 valence electrons. The highest BCUT2D eigenvalue weighted by Gasteiger charge is 1.88. The minimum absolute atomic E-state index is 0.479. The van der Waals surface area contributed by atoms with Crippen molar-refractivity contribution in [2.24, 2.45) is 0 Å². The zero-order valence-electron chi connectivity index (χ0n) is 4.26. The van der Waals surface area contributed by atoms with E-state index in [-0.39, 0.29) is 0 Å². The van der Waals surface area contributed by atoms with Gasteiger partial charge in [-0.15, -0.1) is 0 Å². The Morgan fingerprint density at radius 1 is 1.62 bits per heavy atom. The van der Waals surface area contributed by atoms with E-state index in [0.29, 0.717) is 5.15 Å². The molecule has 0 spiro atoms. The van der Waals surface area contributed by atoms with Crippen LogP contribution in [0.5, 0.6) is 0 Å². The van der Waals surface area contributed by atoms with Gasteiger partial charge in [-0.25, -0.2) is 4.98 Å². The van der Waals surface area contributed by atoms with Crippen LogP contribution in [0.2, 0.25) is 5.15 Å². The van der Waals surface area contributed by atoms with Gasteiger partial charge in [-0.3, -0.25) is 0 Å². The first-order valence-corrected chi connectivity index (χ1v) is 2.61. The van der Waals surface area contributed by atoms with Crippen molar-refractivity contribution in [3.05, 3.63) is 36.0 Å². The fourth-order valence-corrected chi connectivity index (χ4v) is 0.539. The molecule has 1 nitrogen and oxygen atoms in total. The highest BCUT2D eigenvalue weighted by Crippen LogP contribution is 2.07. The molecule has 0 aromatic carbocycles. The molecule has 0 aliphatic carbocycles. The van der Waals surface area contributed by atoms with Crippen LogP contribution in [0.15, 0.2) is 18.3 Å². The molecule has 0 N–H and O–H groups in total. The smallest absolute Gasteiger partial charge is 0.132 e. The topological polar surface area (TPSA) is 12.9 Å². The lowest BCUT2D eigenvalue weighted by Crippen LogP contribution is -1.75. The minimum Gasteiger partial charge on any atom is -0.244 e. The Morgan fingerprint density at radius 3 is 2.75 bits per heavy atom. The summed E-state index contributed by atoms with van der Waals surface area (Å²) in [5, 5.41) is 0.479. The number of nitrogens with zero attached hydrogens (tertiary/aromatic N) is 1. The van der Waals surface area contributed by atoms with Crippen LogP contribution < -0.4 is 0 Å². The van der Waals surface area contributed by atoms with Gasteiger partial charge in [0.1, 0.15) is 5.15 Å². The molecule has 0 aliphatic heterocycles. The molecule has 1 heterocycles. The maximum atomic E-state index is 5.54. The van der Waals surface area contributed by atoms with Gasteiger partial charge in [-0.2, -0.15) is 0 Å². The molecular formula is C6H5ClN. The predicted octanol–water partition coefficient (Wildman–Crippen LogP) is 1.92. The zero-order valence-corrected chi connectivity index (χ0v) is 5.02. The van der Waals surface area contributed by atoms with E-state index in [9.17, 15) is 0 Å². The van der Waals surface area contributed by atoms with Gasteiger partial charge in [-0.1, -0.05) is 17.7 Å². The second kappa shape index (κ2) is 2.14. The lowest BCUT2D eigenvalue weighted by atomic mass is 10.3. The molecule has 0 aliphatic rings. The van der Waals surface area contributed by atoms with Crippen molar-refractivity contribution in [3.63, 3.8) is 0 Å². The van der Waals surface area contributed by atoms with Crippen molar-refractivity contribution in [2.75, 3.05) is 0 Å². The summed E-state index contributed by atoms with van der Waals surface area (Å²) in [5.74, 6) is 0. The Labute approximate surface area is 53.3 Å². The third kappa shape index (κ3) is 0.984. The summed E-state index contributed by atoms with van der Waals surface area (Å²) in [6.45, 7) is 3.63.